The lowest BCUT2D eigenvalue weighted by Crippen LogP contribution is -2.51. The van der Waals surface area contributed by atoms with Crippen molar-refractivity contribution in [1.29, 1.82) is 0 Å². The molecular weight excluding hydrogens is 440 g/mol. The molecule has 1 aliphatic rings. The zero-order valence-electron chi connectivity index (χ0n) is 21.5. The summed E-state index contributed by atoms with van der Waals surface area (Å²) >= 11 is 0. The van der Waals surface area contributed by atoms with Crippen molar-refractivity contribution in [1.82, 2.24) is 0 Å². The standard InChI is InChI=1S/C28H40O3Si2/c1-10-18-27(19-11-2)28(20-12-22-32(4,5)6,21-13-23-33(7,8)9)31-26(30-27)24-14-16-25(29-3)17-15-24/h10-11,14-17,26H,1-2,18-21H2,3-9H3. The van der Waals surface area contributed by atoms with Crippen LogP contribution in [0.25, 0.3) is 0 Å². The highest BCUT2D eigenvalue weighted by atomic mass is 28.3. The van der Waals surface area contributed by atoms with Gasteiger partial charge in [-0.1, -0.05) is 63.6 Å². The van der Waals surface area contributed by atoms with E-state index < -0.39 is 33.6 Å². The van der Waals surface area contributed by atoms with Crippen LogP contribution >= 0.6 is 0 Å². The zero-order valence-corrected chi connectivity index (χ0v) is 23.5. The van der Waals surface area contributed by atoms with Crippen LogP contribution in [0.4, 0.5) is 0 Å². The molecule has 5 heteroatoms. The molecule has 0 saturated carbocycles. The lowest BCUT2D eigenvalue weighted by molar-refractivity contribution is -0.0960. The molecule has 1 saturated heterocycles. The number of ether oxygens (including phenoxy) is 3. The van der Waals surface area contributed by atoms with E-state index in [9.17, 15) is 0 Å². The topological polar surface area (TPSA) is 27.7 Å². The first-order chi connectivity index (χ1) is 15.4. The number of benzene rings is 1. The van der Waals surface area contributed by atoms with Crippen molar-refractivity contribution in [3.05, 3.63) is 55.1 Å². The normalized spacial score (nSPS) is 18.9. The Balaban J connectivity index is 2.60. The second-order valence-electron chi connectivity index (χ2n) is 10.8. The quantitative estimate of drug-likeness (QED) is 0.230. The molecular formula is C28H40O3Si2. The molecule has 0 amide bonds. The number of hydrogen-bond acceptors (Lipinski definition) is 3. The molecule has 1 aromatic rings. The van der Waals surface area contributed by atoms with Gasteiger partial charge >= 0.3 is 0 Å². The fourth-order valence-electron chi connectivity index (χ4n) is 3.94. The predicted octanol–water partition coefficient (Wildman–Crippen LogP) is 6.91. The zero-order chi connectivity index (χ0) is 24.8. The van der Waals surface area contributed by atoms with Gasteiger partial charge in [0.25, 0.3) is 0 Å². The van der Waals surface area contributed by atoms with Crippen molar-refractivity contribution in [2.75, 3.05) is 7.11 Å². The molecule has 3 nitrogen and oxygen atoms in total. The molecule has 1 atom stereocenters. The first-order valence-corrected chi connectivity index (χ1v) is 18.6. The molecule has 1 fully saturated rings. The monoisotopic (exact) mass is 480 g/mol. The third kappa shape index (κ3) is 7.23. The Hall–Kier alpha value is -2.03. The number of rotatable bonds is 8. The maximum absolute atomic E-state index is 6.83. The largest absolute Gasteiger partial charge is 0.497 e. The summed E-state index contributed by atoms with van der Waals surface area (Å²) < 4.78 is 18.9. The van der Waals surface area contributed by atoms with E-state index in [1.54, 1.807) is 7.11 Å². The highest BCUT2D eigenvalue weighted by molar-refractivity contribution is 6.84. The SMILES string of the molecule is C=CCC1(CC=C)OC(c2ccc(OC)cc2)OC1(CC#C[Si](C)(C)C)CC#C[Si](C)(C)C. The molecule has 0 bridgehead atoms. The molecule has 0 N–H and O–H groups in total. The van der Waals surface area contributed by atoms with Crippen molar-refractivity contribution in [3.8, 4) is 28.7 Å². The summed E-state index contributed by atoms with van der Waals surface area (Å²) in [6.07, 6.45) is 5.70. The number of methoxy groups -OCH3 is 1. The number of hydrogen-bond donors (Lipinski definition) is 0. The Morgan fingerprint density at radius 1 is 0.848 bits per heavy atom. The van der Waals surface area contributed by atoms with Crippen LogP contribution in [0.5, 0.6) is 5.75 Å². The second-order valence-corrected chi connectivity index (χ2v) is 20.3. The van der Waals surface area contributed by atoms with Gasteiger partial charge in [0.1, 0.15) is 33.1 Å². The molecule has 1 unspecified atom stereocenters. The van der Waals surface area contributed by atoms with E-state index in [2.05, 4.69) is 75.4 Å². The lowest BCUT2D eigenvalue weighted by Gasteiger charge is -2.40. The highest BCUT2D eigenvalue weighted by Crippen LogP contribution is 2.53. The molecule has 2 rings (SSSR count). The Morgan fingerprint density at radius 3 is 1.70 bits per heavy atom. The van der Waals surface area contributed by atoms with E-state index in [0.717, 1.165) is 11.3 Å². The minimum Gasteiger partial charge on any atom is -0.497 e. The van der Waals surface area contributed by atoms with E-state index in [1.165, 1.54) is 0 Å². The average Bonchev–Trinajstić information content (AvgIpc) is 3.01. The van der Waals surface area contributed by atoms with Crippen molar-refractivity contribution in [2.24, 2.45) is 0 Å². The van der Waals surface area contributed by atoms with Crippen LogP contribution in [0.15, 0.2) is 49.6 Å². The molecule has 0 aromatic heterocycles. The smallest absolute Gasteiger partial charge is 0.185 e. The summed E-state index contributed by atoms with van der Waals surface area (Å²) in [6, 6.07) is 7.85. The van der Waals surface area contributed by atoms with Gasteiger partial charge in [0.15, 0.2) is 6.29 Å². The van der Waals surface area contributed by atoms with Gasteiger partial charge in [-0.2, -0.15) is 0 Å². The first kappa shape index (κ1) is 27.2. The van der Waals surface area contributed by atoms with Gasteiger partial charge in [-0.05, 0) is 25.0 Å². The summed E-state index contributed by atoms with van der Waals surface area (Å²) in [5, 5.41) is 0. The van der Waals surface area contributed by atoms with Gasteiger partial charge in [-0.3, -0.25) is 0 Å². The molecule has 1 aliphatic heterocycles. The van der Waals surface area contributed by atoms with Crippen LogP contribution in [0.3, 0.4) is 0 Å². The van der Waals surface area contributed by atoms with Gasteiger partial charge in [-0.15, -0.1) is 36.1 Å². The first-order valence-electron chi connectivity index (χ1n) is 11.6. The molecule has 178 valence electrons. The van der Waals surface area contributed by atoms with Gasteiger partial charge < -0.3 is 14.2 Å². The molecule has 0 aliphatic carbocycles. The lowest BCUT2D eigenvalue weighted by atomic mass is 9.74. The molecule has 1 aromatic carbocycles. The van der Waals surface area contributed by atoms with Crippen LogP contribution in [0.1, 0.15) is 37.5 Å². The van der Waals surface area contributed by atoms with Crippen molar-refractivity contribution < 1.29 is 14.2 Å². The van der Waals surface area contributed by atoms with E-state index in [0.29, 0.717) is 25.7 Å². The third-order valence-electron chi connectivity index (χ3n) is 5.51. The Kier molecular flexibility index (Phi) is 9.02. The third-order valence-corrected chi connectivity index (χ3v) is 7.36. The van der Waals surface area contributed by atoms with Gasteiger partial charge in [0, 0.05) is 18.4 Å². The highest BCUT2D eigenvalue weighted by Gasteiger charge is 2.59. The minimum atomic E-state index is -1.54. The Labute approximate surface area is 203 Å². The molecule has 33 heavy (non-hydrogen) atoms. The molecule has 0 spiro atoms. The van der Waals surface area contributed by atoms with Crippen molar-refractivity contribution in [3.63, 3.8) is 0 Å². The summed E-state index contributed by atoms with van der Waals surface area (Å²) in [5.41, 5.74) is 6.67. The Morgan fingerprint density at radius 2 is 1.30 bits per heavy atom. The summed E-state index contributed by atoms with van der Waals surface area (Å²) in [4.78, 5) is 0. The van der Waals surface area contributed by atoms with Crippen LogP contribution in [-0.4, -0.2) is 34.5 Å². The van der Waals surface area contributed by atoms with Crippen molar-refractivity contribution >= 4 is 16.1 Å². The molecule has 0 radical (unpaired) electrons. The van der Waals surface area contributed by atoms with Gasteiger partial charge in [0.05, 0.1) is 7.11 Å². The van der Waals surface area contributed by atoms with E-state index >= 15 is 0 Å². The summed E-state index contributed by atoms with van der Waals surface area (Å²) in [6.45, 7) is 21.6. The van der Waals surface area contributed by atoms with Gasteiger partial charge in [-0.25, -0.2) is 0 Å². The average molecular weight is 481 g/mol. The fourth-order valence-corrected chi connectivity index (χ4v) is 5.17. The maximum atomic E-state index is 6.83. The van der Waals surface area contributed by atoms with Crippen LogP contribution in [0, 0.1) is 22.9 Å². The predicted molar refractivity (Wildman–Crippen MR) is 144 cm³/mol. The van der Waals surface area contributed by atoms with E-state index in [4.69, 9.17) is 14.2 Å². The van der Waals surface area contributed by atoms with Crippen LogP contribution < -0.4 is 4.74 Å². The summed E-state index contributed by atoms with van der Waals surface area (Å²) in [5.74, 6) is 7.76. The van der Waals surface area contributed by atoms with Crippen molar-refractivity contribution in [2.45, 2.75) is 82.5 Å². The fraction of sp³-hybridized carbons (Fsp3) is 0.500. The molecule has 1 heterocycles. The summed E-state index contributed by atoms with van der Waals surface area (Å²) in [7, 11) is -1.41. The minimum absolute atomic E-state index is 0.516. The van der Waals surface area contributed by atoms with Crippen LogP contribution in [0.2, 0.25) is 39.3 Å². The Bertz CT molecular complexity index is 900. The maximum Gasteiger partial charge on any atom is 0.185 e. The van der Waals surface area contributed by atoms with Crippen LogP contribution in [-0.2, 0) is 9.47 Å². The van der Waals surface area contributed by atoms with Gasteiger partial charge in [0.2, 0.25) is 0 Å². The second kappa shape index (κ2) is 10.9. The van der Waals surface area contributed by atoms with E-state index in [1.807, 2.05) is 36.4 Å². The van der Waals surface area contributed by atoms with E-state index in [-0.39, 0.29) is 0 Å².